The zero-order valence-electron chi connectivity index (χ0n) is 17.0. The molecular weight excluding hydrogens is 384 g/mol. The van der Waals surface area contributed by atoms with E-state index in [0.29, 0.717) is 11.3 Å². The Bertz CT molecular complexity index is 1400. The second kappa shape index (κ2) is 7.96. The normalized spacial score (nSPS) is 10.9. The van der Waals surface area contributed by atoms with Crippen LogP contribution in [0, 0.1) is 0 Å². The Kier molecular flexibility index (Phi) is 4.85. The third-order valence-electron chi connectivity index (χ3n) is 5.46. The predicted molar refractivity (Wildman–Crippen MR) is 125 cm³/mol. The first kappa shape index (κ1) is 18.9. The van der Waals surface area contributed by atoms with Gasteiger partial charge in [-0.25, -0.2) is 4.79 Å². The number of benzene rings is 5. The zero-order valence-corrected chi connectivity index (χ0v) is 17.0. The highest BCUT2D eigenvalue weighted by atomic mass is 16.5. The third kappa shape index (κ3) is 3.40. The highest BCUT2D eigenvalue weighted by Gasteiger charge is 2.20. The smallest absolute Gasteiger partial charge is 0.343 e. The molecule has 5 aromatic rings. The molecule has 0 aliphatic carbocycles. The van der Waals surface area contributed by atoms with E-state index < -0.39 is 5.97 Å². The number of rotatable bonds is 4. The maximum atomic E-state index is 12.9. The van der Waals surface area contributed by atoms with Crippen molar-refractivity contribution in [2.24, 2.45) is 0 Å². The SMILES string of the molecule is COc1ccc2ccccc2c1-c1c(OC(=O)c2ccccc2)ccc2ccccc12. The molecule has 31 heavy (non-hydrogen) atoms. The number of hydrogen-bond acceptors (Lipinski definition) is 3. The Morgan fingerprint density at radius 2 is 1.10 bits per heavy atom. The number of fused-ring (bicyclic) bond motifs is 2. The third-order valence-corrected chi connectivity index (χ3v) is 5.46. The lowest BCUT2D eigenvalue weighted by Gasteiger charge is -2.18. The van der Waals surface area contributed by atoms with Crippen LogP contribution in [0.25, 0.3) is 32.7 Å². The monoisotopic (exact) mass is 404 g/mol. The number of ether oxygens (including phenoxy) is 2. The maximum Gasteiger partial charge on any atom is 0.343 e. The molecule has 0 heterocycles. The van der Waals surface area contributed by atoms with Crippen molar-refractivity contribution >= 4 is 27.5 Å². The minimum Gasteiger partial charge on any atom is -0.496 e. The van der Waals surface area contributed by atoms with Crippen LogP contribution in [0.3, 0.4) is 0 Å². The number of esters is 1. The first-order chi connectivity index (χ1) is 15.3. The van der Waals surface area contributed by atoms with Crippen molar-refractivity contribution in [1.29, 1.82) is 0 Å². The highest BCUT2D eigenvalue weighted by Crippen LogP contribution is 2.45. The summed E-state index contributed by atoms with van der Waals surface area (Å²) in [4.78, 5) is 12.9. The molecule has 5 aromatic carbocycles. The number of methoxy groups -OCH3 is 1. The fourth-order valence-electron chi connectivity index (χ4n) is 4.01. The molecule has 0 atom stereocenters. The minimum atomic E-state index is -0.392. The van der Waals surface area contributed by atoms with Crippen molar-refractivity contribution in [3.05, 3.63) is 109 Å². The van der Waals surface area contributed by atoms with Crippen molar-refractivity contribution in [3.63, 3.8) is 0 Å². The number of hydrogen-bond donors (Lipinski definition) is 0. The van der Waals surface area contributed by atoms with E-state index in [-0.39, 0.29) is 0 Å². The summed E-state index contributed by atoms with van der Waals surface area (Å²) in [5, 5.41) is 4.18. The summed E-state index contributed by atoms with van der Waals surface area (Å²) in [5.74, 6) is 0.839. The Labute approximate surface area is 180 Å². The fraction of sp³-hybridized carbons (Fsp3) is 0.0357. The molecule has 0 fully saturated rings. The lowest BCUT2D eigenvalue weighted by Crippen LogP contribution is -2.09. The van der Waals surface area contributed by atoms with E-state index >= 15 is 0 Å². The van der Waals surface area contributed by atoms with Crippen molar-refractivity contribution in [3.8, 4) is 22.6 Å². The van der Waals surface area contributed by atoms with Gasteiger partial charge in [0.2, 0.25) is 0 Å². The second-order valence-electron chi connectivity index (χ2n) is 7.28. The van der Waals surface area contributed by atoms with Crippen LogP contribution in [0.1, 0.15) is 10.4 Å². The van der Waals surface area contributed by atoms with E-state index in [2.05, 4.69) is 18.2 Å². The number of carbonyl (C=O) groups is 1. The molecular formula is C28H20O3. The van der Waals surface area contributed by atoms with Crippen LogP contribution in [0.15, 0.2) is 103 Å². The van der Waals surface area contributed by atoms with Gasteiger partial charge in [-0.15, -0.1) is 0 Å². The molecule has 0 saturated carbocycles. The van der Waals surface area contributed by atoms with Crippen LogP contribution in [0.5, 0.6) is 11.5 Å². The van der Waals surface area contributed by atoms with Crippen LogP contribution in [0.2, 0.25) is 0 Å². The van der Waals surface area contributed by atoms with E-state index in [9.17, 15) is 4.79 Å². The van der Waals surface area contributed by atoms with Gasteiger partial charge in [0.05, 0.1) is 12.7 Å². The molecule has 150 valence electrons. The Hall–Kier alpha value is -4.11. The van der Waals surface area contributed by atoms with E-state index in [4.69, 9.17) is 9.47 Å². The zero-order chi connectivity index (χ0) is 21.2. The van der Waals surface area contributed by atoms with Crippen LogP contribution < -0.4 is 9.47 Å². The van der Waals surface area contributed by atoms with E-state index in [1.54, 1.807) is 19.2 Å². The molecule has 0 aliphatic rings. The lowest BCUT2D eigenvalue weighted by atomic mass is 9.92. The van der Waals surface area contributed by atoms with Gasteiger partial charge in [-0.05, 0) is 45.8 Å². The number of carbonyl (C=O) groups excluding carboxylic acids is 1. The first-order valence-electron chi connectivity index (χ1n) is 10.1. The van der Waals surface area contributed by atoms with Gasteiger partial charge < -0.3 is 9.47 Å². The Balaban J connectivity index is 1.80. The molecule has 0 unspecified atom stereocenters. The average molecular weight is 404 g/mol. The Morgan fingerprint density at radius 1 is 0.581 bits per heavy atom. The van der Waals surface area contributed by atoms with Gasteiger partial charge in [0.1, 0.15) is 11.5 Å². The van der Waals surface area contributed by atoms with Gasteiger partial charge in [-0.2, -0.15) is 0 Å². The molecule has 3 nitrogen and oxygen atoms in total. The van der Waals surface area contributed by atoms with Crippen molar-refractivity contribution in [2.75, 3.05) is 7.11 Å². The van der Waals surface area contributed by atoms with Crippen LogP contribution in [0.4, 0.5) is 0 Å². The van der Waals surface area contributed by atoms with Gasteiger partial charge in [-0.3, -0.25) is 0 Å². The van der Waals surface area contributed by atoms with Gasteiger partial charge in [0.15, 0.2) is 0 Å². The van der Waals surface area contributed by atoms with Crippen LogP contribution >= 0.6 is 0 Å². The maximum absolute atomic E-state index is 12.9. The van der Waals surface area contributed by atoms with Crippen LogP contribution in [-0.2, 0) is 0 Å². The molecule has 3 heteroatoms. The molecule has 0 aliphatic heterocycles. The van der Waals surface area contributed by atoms with Crippen molar-refractivity contribution < 1.29 is 14.3 Å². The Morgan fingerprint density at radius 3 is 1.71 bits per heavy atom. The average Bonchev–Trinajstić information content (AvgIpc) is 2.84. The van der Waals surface area contributed by atoms with Gasteiger partial charge in [-0.1, -0.05) is 78.9 Å². The quantitative estimate of drug-likeness (QED) is 0.242. The molecule has 0 spiro atoms. The molecule has 5 rings (SSSR count). The first-order valence-corrected chi connectivity index (χ1v) is 10.1. The molecule has 0 aromatic heterocycles. The van der Waals surface area contributed by atoms with E-state index in [1.807, 2.05) is 72.8 Å². The predicted octanol–water partition coefficient (Wildman–Crippen LogP) is 6.89. The molecule has 0 bridgehead atoms. The fourth-order valence-corrected chi connectivity index (χ4v) is 4.01. The van der Waals surface area contributed by atoms with E-state index in [0.717, 1.165) is 38.4 Å². The summed E-state index contributed by atoms with van der Waals surface area (Å²) in [6.07, 6.45) is 0. The summed E-state index contributed by atoms with van der Waals surface area (Å²) in [5.41, 5.74) is 2.26. The molecule has 0 radical (unpaired) electrons. The van der Waals surface area contributed by atoms with Crippen molar-refractivity contribution in [1.82, 2.24) is 0 Å². The summed E-state index contributed by atoms with van der Waals surface area (Å²) in [7, 11) is 1.66. The molecule has 0 N–H and O–H groups in total. The van der Waals surface area contributed by atoms with E-state index in [1.165, 1.54) is 0 Å². The molecule has 0 saturated heterocycles. The summed E-state index contributed by atoms with van der Waals surface area (Å²) < 4.78 is 11.7. The lowest BCUT2D eigenvalue weighted by molar-refractivity contribution is 0.0736. The second-order valence-corrected chi connectivity index (χ2v) is 7.28. The van der Waals surface area contributed by atoms with Gasteiger partial charge in [0.25, 0.3) is 0 Å². The summed E-state index contributed by atoms with van der Waals surface area (Å²) in [6, 6.07) is 33.1. The largest absolute Gasteiger partial charge is 0.496 e. The van der Waals surface area contributed by atoms with Crippen molar-refractivity contribution in [2.45, 2.75) is 0 Å². The van der Waals surface area contributed by atoms with Gasteiger partial charge in [0, 0.05) is 11.1 Å². The highest BCUT2D eigenvalue weighted by molar-refractivity contribution is 6.10. The standard InChI is InChI=1S/C28H20O3/c1-30-24-17-15-19-9-5-7-13-22(19)26(24)27-23-14-8-6-10-20(23)16-18-25(27)31-28(29)21-11-3-2-4-12-21/h2-18H,1H3. The summed E-state index contributed by atoms with van der Waals surface area (Å²) >= 11 is 0. The van der Waals surface area contributed by atoms with Crippen LogP contribution in [-0.4, -0.2) is 13.1 Å². The minimum absolute atomic E-state index is 0.392. The summed E-state index contributed by atoms with van der Waals surface area (Å²) in [6.45, 7) is 0. The topological polar surface area (TPSA) is 35.5 Å². The van der Waals surface area contributed by atoms with Gasteiger partial charge >= 0.3 is 5.97 Å². The molecule has 0 amide bonds.